The minimum atomic E-state index is -0.547. The molecule has 1 unspecified atom stereocenters. The molecule has 31 heavy (non-hydrogen) atoms. The topological polar surface area (TPSA) is 87.1 Å². The number of ether oxygens (including phenoxy) is 1. The molecule has 2 aliphatic rings. The predicted octanol–water partition coefficient (Wildman–Crippen LogP) is 3.67. The Kier molecular flexibility index (Phi) is 5.07. The number of para-hydroxylation sites is 2. The van der Waals surface area contributed by atoms with E-state index in [1.165, 1.54) is 11.8 Å². The van der Waals surface area contributed by atoms with Crippen LogP contribution in [0.2, 0.25) is 0 Å². The third-order valence-corrected chi connectivity index (χ3v) is 6.17. The zero-order valence-electron chi connectivity index (χ0n) is 16.9. The monoisotopic (exact) mass is 432 g/mol. The summed E-state index contributed by atoms with van der Waals surface area (Å²) in [6.45, 7) is 2.08. The van der Waals surface area contributed by atoms with Crippen molar-refractivity contribution >= 4 is 51.2 Å². The largest absolute Gasteiger partial charge is 0.465 e. The van der Waals surface area contributed by atoms with E-state index in [1.807, 2.05) is 54.7 Å². The van der Waals surface area contributed by atoms with E-state index in [-0.39, 0.29) is 17.6 Å². The number of thioether (sulfide) groups is 1. The van der Waals surface area contributed by atoms with Crippen LogP contribution in [-0.2, 0) is 20.7 Å². The normalized spacial score (nSPS) is 17.3. The quantitative estimate of drug-likeness (QED) is 0.624. The highest BCUT2D eigenvalue weighted by Crippen LogP contribution is 2.34. The molecule has 2 aliphatic heterocycles. The molecule has 0 radical (unpaired) electrons. The molecule has 0 saturated heterocycles. The van der Waals surface area contributed by atoms with Crippen LogP contribution in [0, 0.1) is 0 Å². The molecule has 1 atom stereocenters. The second-order valence-electron chi connectivity index (χ2n) is 7.21. The highest BCUT2D eigenvalue weighted by molar-refractivity contribution is 8.14. The lowest BCUT2D eigenvalue weighted by Crippen LogP contribution is -2.41. The molecule has 156 valence electrons. The van der Waals surface area contributed by atoms with Gasteiger partial charge in [0.25, 0.3) is 5.91 Å². The molecule has 1 N–H and O–H groups in total. The molecule has 1 aromatic heterocycles. The molecule has 0 fully saturated rings. The minimum Gasteiger partial charge on any atom is -0.465 e. The summed E-state index contributed by atoms with van der Waals surface area (Å²) in [5.74, 6) is 0.199. The number of nitrogens with one attached hydrogen (secondary N) is 1. The lowest BCUT2D eigenvalue weighted by Gasteiger charge is -2.25. The number of H-pyrrole nitrogens is 1. The van der Waals surface area contributed by atoms with Crippen LogP contribution < -0.4 is 0 Å². The number of benzene rings is 2. The molecule has 2 aromatic carbocycles. The number of aromatic nitrogens is 1. The minimum absolute atomic E-state index is 0.0824. The number of carbonyl (C=O) groups excluding carboxylic acids is 2. The zero-order chi connectivity index (χ0) is 21.4. The van der Waals surface area contributed by atoms with E-state index in [2.05, 4.69) is 9.98 Å². The van der Waals surface area contributed by atoms with Gasteiger partial charge in [0.2, 0.25) is 0 Å². The number of amidine groups is 2. The Balaban J connectivity index is 1.47. The third-order valence-electron chi connectivity index (χ3n) is 5.26. The summed E-state index contributed by atoms with van der Waals surface area (Å²) in [4.78, 5) is 39.5. The number of hydrogen-bond acceptors (Lipinski definition) is 6. The Morgan fingerprint density at radius 3 is 2.87 bits per heavy atom. The van der Waals surface area contributed by atoms with Gasteiger partial charge in [-0.2, -0.15) is 0 Å². The number of aromatic amines is 1. The van der Waals surface area contributed by atoms with Gasteiger partial charge in [0.05, 0.1) is 18.0 Å². The van der Waals surface area contributed by atoms with Gasteiger partial charge in [0.15, 0.2) is 5.17 Å². The van der Waals surface area contributed by atoms with Crippen LogP contribution in [0.4, 0.5) is 5.69 Å². The van der Waals surface area contributed by atoms with Gasteiger partial charge in [-0.15, -0.1) is 0 Å². The van der Waals surface area contributed by atoms with Gasteiger partial charge in [-0.25, -0.2) is 9.89 Å². The van der Waals surface area contributed by atoms with Crippen molar-refractivity contribution < 1.29 is 14.3 Å². The summed E-state index contributed by atoms with van der Waals surface area (Å²) in [7, 11) is 0. The van der Waals surface area contributed by atoms with Gasteiger partial charge in [-0.3, -0.25) is 14.6 Å². The van der Waals surface area contributed by atoms with Crippen molar-refractivity contribution in [3.8, 4) is 0 Å². The van der Waals surface area contributed by atoms with Gasteiger partial charge >= 0.3 is 5.97 Å². The lowest BCUT2D eigenvalue weighted by molar-refractivity contribution is -0.139. The fourth-order valence-electron chi connectivity index (χ4n) is 3.87. The Morgan fingerprint density at radius 1 is 1.19 bits per heavy atom. The van der Waals surface area contributed by atoms with E-state index in [4.69, 9.17) is 9.73 Å². The predicted molar refractivity (Wildman–Crippen MR) is 122 cm³/mol. The molecule has 0 aliphatic carbocycles. The van der Waals surface area contributed by atoms with E-state index in [0.717, 1.165) is 27.7 Å². The Hall–Kier alpha value is -3.39. The van der Waals surface area contributed by atoms with Crippen LogP contribution in [0.1, 0.15) is 18.1 Å². The average molecular weight is 433 g/mol. The maximum Gasteiger partial charge on any atom is 0.316 e. The molecule has 0 bridgehead atoms. The molecule has 3 aromatic rings. The molecule has 0 saturated carbocycles. The van der Waals surface area contributed by atoms with Crippen LogP contribution in [0.15, 0.2) is 64.7 Å². The van der Waals surface area contributed by atoms with Crippen molar-refractivity contribution in [2.24, 2.45) is 9.98 Å². The van der Waals surface area contributed by atoms with E-state index in [1.54, 1.807) is 11.8 Å². The summed E-state index contributed by atoms with van der Waals surface area (Å²) < 4.78 is 5.02. The smallest absolute Gasteiger partial charge is 0.316 e. The molecule has 3 heterocycles. The first-order valence-corrected chi connectivity index (χ1v) is 11.1. The number of carbonyl (C=O) groups is 2. The van der Waals surface area contributed by atoms with Crippen molar-refractivity contribution in [2.45, 2.75) is 19.4 Å². The number of esters is 1. The van der Waals surface area contributed by atoms with Crippen molar-refractivity contribution in [1.82, 2.24) is 9.88 Å². The summed E-state index contributed by atoms with van der Waals surface area (Å²) >= 11 is 1.20. The van der Waals surface area contributed by atoms with Crippen LogP contribution in [0.25, 0.3) is 10.9 Å². The zero-order valence-corrected chi connectivity index (χ0v) is 17.7. The number of aliphatic imine (C=N–C) groups is 2. The fraction of sp³-hybridized carbons (Fsp3) is 0.217. The van der Waals surface area contributed by atoms with Crippen LogP contribution in [0.3, 0.4) is 0 Å². The van der Waals surface area contributed by atoms with Crippen molar-refractivity contribution in [3.05, 3.63) is 65.9 Å². The highest BCUT2D eigenvalue weighted by Gasteiger charge is 2.41. The van der Waals surface area contributed by atoms with E-state index in [0.29, 0.717) is 24.0 Å². The van der Waals surface area contributed by atoms with Gasteiger partial charge in [-0.1, -0.05) is 42.1 Å². The van der Waals surface area contributed by atoms with Gasteiger partial charge in [0, 0.05) is 29.1 Å². The van der Waals surface area contributed by atoms with E-state index >= 15 is 0 Å². The summed E-state index contributed by atoms with van der Waals surface area (Å²) in [5, 5.41) is 1.54. The van der Waals surface area contributed by atoms with E-state index < -0.39 is 6.04 Å². The maximum atomic E-state index is 13.4. The Labute approximate surface area is 183 Å². The molecule has 7 nitrogen and oxygen atoms in total. The van der Waals surface area contributed by atoms with Crippen molar-refractivity contribution in [3.63, 3.8) is 0 Å². The van der Waals surface area contributed by atoms with Crippen LogP contribution >= 0.6 is 11.8 Å². The third kappa shape index (κ3) is 3.53. The van der Waals surface area contributed by atoms with E-state index in [9.17, 15) is 9.59 Å². The molecule has 5 rings (SSSR count). The summed E-state index contributed by atoms with van der Waals surface area (Å²) in [6, 6.07) is 15.1. The lowest BCUT2D eigenvalue weighted by atomic mass is 10.1. The molecular weight excluding hydrogens is 412 g/mol. The second-order valence-corrected chi connectivity index (χ2v) is 8.15. The van der Waals surface area contributed by atoms with Crippen molar-refractivity contribution in [1.29, 1.82) is 0 Å². The molecule has 0 spiro atoms. The number of fused-ring (bicyclic) bond motifs is 4. The summed E-state index contributed by atoms with van der Waals surface area (Å²) in [6.07, 6.45) is 2.43. The number of hydrogen-bond donors (Lipinski definition) is 1. The highest BCUT2D eigenvalue weighted by atomic mass is 32.2. The second kappa shape index (κ2) is 8.03. The standard InChI is InChI=1S/C23H20N4O3S/c1-2-30-20(28)13-31-23-26-18-10-6-4-8-16(18)21-25-19(22(29)27(21)23)11-14-12-24-17-9-5-3-7-15(14)17/h3-10,12,19,24H,2,11,13H2,1H3. The SMILES string of the molecule is CCOC(=O)CSC1=Nc2ccccc2C2=NC(Cc3c[nH]c4ccccc34)C(=O)N12. The number of nitrogens with zero attached hydrogens (tertiary/aromatic N) is 3. The summed E-state index contributed by atoms with van der Waals surface area (Å²) in [5.41, 5.74) is 3.64. The first-order valence-electron chi connectivity index (χ1n) is 10.1. The molecular formula is C23H20N4O3S. The van der Waals surface area contributed by atoms with Gasteiger partial charge in [0.1, 0.15) is 11.9 Å². The van der Waals surface area contributed by atoms with Gasteiger partial charge in [-0.05, 0) is 30.7 Å². The number of rotatable bonds is 5. The van der Waals surface area contributed by atoms with Crippen molar-refractivity contribution in [2.75, 3.05) is 12.4 Å². The van der Waals surface area contributed by atoms with Gasteiger partial charge < -0.3 is 9.72 Å². The maximum absolute atomic E-state index is 13.4. The first kappa shape index (κ1) is 19.6. The first-order chi connectivity index (χ1) is 15.2. The fourth-order valence-corrected chi connectivity index (χ4v) is 4.67. The Bertz CT molecular complexity index is 1250. The average Bonchev–Trinajstić information content (AvgIpc) is 3.34. The molecule has 1 amide bonds. The Morgan fingerprint density at radius 2 is 2.00 bits per heavy atom. The van der Waals surface area contributed by atoms with Crippen LogP contribution in [0.5, 0.6) is 0 Å². The number of amides is 1. The molecule has 8 heteroatoms. The van der Waals surface area contributed by atoms with Crippen LogP contribution in [-0.4, -0.2) is 51.2 Å².